The molecule has 2 aromatic carbocycles. The number of hydrogen-bond acceptors (Lipinski definition) is 3. The van der Waals surface area contributed by atoms with Crippen molar-refractivity contribution in [2.24, 2.45) is 5.92 Å². The van der Waals surface area contributed by atoms with Crippen LogP contribution in [0, 0.1) is 11.7 Å². The van der Waals surface area contributed by atoms with Gasteiger partial charge in [0, 0.05) is 24.0 Å². The number of benzene rings is 2. The Morgan fingerprint density at radius 2 is 1.89 bits per heavy atom. The van der Waals surface area contributed by atoms with E-state index in [-0.39, 0.29) is 31.3 Å². The third-order valence-corrected chi connectivity index (χ3v) is 5.14. The lowest BCUT2D eigenvalue weighted by Crippen LogP contribution is -2.31. The molecule has 3 atom stereocenters. The Hall–Kier alpha value is -2.44. The van der Waals surface area contributed by atoms with E-state index in [2.05, 4.69) is 0 Å². The van der Waals surface area contributed by atoms with Gasteiger partial charge in [0.05, 0.1) is 18.4 Å². The second kappa shape index (κ2) is 8.06. The predicted molar refractivity (Wildman–Crippen MR) is 97.9 cm³/mol. The van der Waals surface area contributed by atoms with Crippen molar-refractivity contribution in [2.75, 3.05) is 13.1 Å². The Morgan fingerprint density at radius 3 is 2.52 bits per heavy atom. The average molecular weight is 392 g/mol. The van der Waals surface area contributed by atoms with Crippen LogP contribution in [0.4, 0.5) is 4.39 Å². The molecular weight excluding hydrogens is 373 g/mol. The number of carbonyl (C=O) groups excluding carboxylic acids is 1. The highest BCUT2D eigenvalue weighted by Crippen LogP contribution is 2.34. The van der Waals surface area contributed by atoms with Crippen LogP contribution in [0.2, 0.25) is 5.02 Å². The number of carboxylic acid groups (broad SMARTS) is 1. The molecule has 1 fully saturated rings. The number of nitrogens with zero attached hydrogens (tertiary/aromatic N) is 1. The molecule has 2 aromatic rings. The van der Waals surface area contributed by atoms with Crippen LogP contribution in [0.15, 0.2) is 48.5 Å². The highest BCUT2D eigenvalue weighted by molar-refractivity contribution is 6.30. The summed E-state index contributed by atoms with van der Waals surface area (Å²) in [7, 11) is 0. The highest BCUT2D eigenvalue weighted by Gasteiger charge is 2.40. The minimum atomic E-state index is -1.15. The van der Waals surface area contributed by atoms with E-state index in [9.17, 15) is 24.2 Å². The number of aliphatic hydroxyl groups is 1. The molecule has 5 nitrogen and oxygen atoms in total. The molecule has 1 unspecified atom stereocenters. The summed E-state index contributed by atoms with van der Waals surface area (Å²) in [6.45, 7) is 0.310. The zero-order valence-corrected chi connectivity index (χ0v) is 15.1. The molecule has 0 aromatic heterocycles. The summed E-state index contributed by atoms with van der Waals surface area (Å²) in [5.41, 5.74) is 1.11. The van der Waals surface area contributed by atoms with Crippen LogP contribution < -0.4 is 0 Å². The molecule has 1 aliphatic rings. The number of carbonyl (C=O) groups is 2. The van der Waals surface area contributed by atoms with Crippen LogP contribution >= 0.6 is 11.6 Å². The maximum atomic E-state index is 13.3. The van der Waals surface area contributed by atoms with E-state index < -0.39 is 23.8 Å². The minimum absolute atomic E-state index is 0.0668. The van der Waals surface area contributed by atoms with Crippen LogP contribution in [-0.2, 0) is 9.59 Å². The standard InChI is InChI=1S/C20H19ClFNO4/c21-14-6-4-12(5-7-14)16-10-23(11-17(16)20(26)27)19(25)9-18(24)13-2-1-3-15(22)8-13/h1-8,16-18,24H,9-11H2,(H,26,27)/t16-,17+,18?/m0/s1. The number of likely N-dealkylation sites (tertiary alicyclic amines) is 1. The van der Waals surface area contributed by atoms with Crippen LogP contribution in [0.5, 0.6) is 0 Å². The number of halogens is 2. The normalized spacial score (nSPS) is 20.5. The van der Waals surface area contributed by atoms with Gasteiger partial charge < -0.3 is 15.1 Å². The summed E-state index contributed by atoms with van der Waals surface area (Å²) in [5, 5.41) is 20.3. The number of carboxylic acids is 1. The van der Waals surface area contributed by atoms with E-state index in [0.29, 0.717) is 10.6 Å². The van der Waals surface area contributed by atoms with Crippen molar-refractivity contribution in [1.82, 2.24) is 4.90 Å². The molecule has 7 heteroatoms. The monoisotopic (exact) mass is 391 g/mol. The average Bonchev–Trinajstić information content (AvgIpc) is 3.08. The van der Waals surface area contributed by atoms with E-state index in [1.807, 2.05) is 0 Å². The fourth-order valence-corrected chi connectivity index (χ4v) is 3.56. The van der Waals surface area contributed by atoms with E-state index in [1.165, 1.54) is 23.1 Å². The second-order valence-corrected chi connectivity index (χ2v) is 7.11. The molecule has 1 heterocycles. The van der Waals surface area contributed by atoms with Crippen LogP contribution in [0.25, 0.3) is 0 Å². The topological polar surface area (TPSA) is 77.8 Å². The maximum absolute atomic E-state index is 13.3. The van der Waals surface area contributed by atoms with E-state index in [4.69, 9.17) is 11.6 Å². The lowest BCUT2D eigenvalue weighted by molar-refractivity contribution is -0.142. The van der Waals surface area contributed by atoms with E-state index >= 15 is 0 Å². The van der Waals surface area contributed by atoms with Crippen LogP contribution in [0.1, 0.15) is 29.6 Å². The summed E-state index contributed by atoms with van der Waals surface area (Å²) in [4.78, 5) is 25.7. The van der Waals surface area contributed by atoms with Crippen molar-refractivity contribution in [3.05, 3.63) is 70.5 Å². The van der Waals surface area contributed by atoms with Gasteiger partial charge in [-0.05, 0) is 35.4 Å². The Bertz CT molecular complexity index is 842. The van der Waals surface area contributed by atoms with E-state index in [1.54, 1.807) is 30.3 Å². The summed E-state index contributed by atoms with van der Waals surface area (Å²) in [6, 6.07) is 12.3. The fraction of sp³-hybridized carbons (Fsp3) is 0.300. The quantitative estimate of drug-likeness (QED) is 0.820. The van der Waals surface area contributed by atoms with Gasteiger partial charge in [-0.3, -0.25) is 9.59 Å². The predicted octanol–water partition coefficient (Wildman–Crippen LogP) is 3.23. The van der Waals surface area contributed by atoms with Gasteiger partial charge in [-0.2, -0.15) is 0 Å². The zero-order valence-electron chi connectivity index (χ0n) is 14.4. The lowest BCUT2D eigenvalue weighted by atomic mass is 9.89. The Morgan fingerprint density at radius 1 is 1.19 bits per heavy atom. The number of aliphatic hydroxyl groups excluding tert-OH is 1. The van der Waals surface area contributed by atoms with Gasteiger partial charge in [0.25, 0.3) is 0 Å². The SMILES string of the molecule is O=C(O)[C@@H]1CN(C(=O)CC(O)c2cccc(F)c2)C[C@H]1c1ccc(Cl)cc1. The summed E-state index contributed by atoms with van der Waals surface area (Å²) >= 11 is 5.89. The molecule has 1 aliphatic heterocycles. The first-order valence-corrected chi connectivity index (χ1v) is 8.92. The van der Waals surface area contributed by atoms with Gasteiger partial charge in [0.2, 0.25) is 5.91 Å². The molecule has 3 rings (SSSR count). The maximum Gasteiger partial charge on any atom is 0.308 e. The van der Waals surface area contributed by atoms with E-state index in [0.717, 1.165) is 5.56 Å². The number of amides is 1. The summed E-state index contributed by atoms with van der Waals surface area (Å²) in [5.74, 6) is -2.92. The summed E-state index contributed by atoms with van der Waals surface area (Å²) in [6.07, 6.45) is -1.38. The van der Waals surface area contributed by atoms with Crippen molar-refractivity contribution < 1.29 is 24.2 Å². The third-order valence-electron chi connectivity index (χ3n) is 4.89. The van der Waals surface area contributed by atoms with Crippen molar-refractivity contribution in [1.29, 1.82) is 0 Å². The molecule has 27 heavy (non-hydrogen) atoms. The molecule has 0 radical (unpaired) electrons. The number of aliphatic carboxylic acids is 1. The fourth-order valence-electron chi connectivity index (χ4n) is 3.43. The Kier molecular flexibility index (Phi) is 5.77. The number of hydrogen-bond donors (Lipinski definition) is 2. The Balaban J connectivity index is 1.72. The van der Waals surface area contributed by atoms with Crippen molar-refractivity contribution in [3.63, 3.8) is 0 Å². The molecule has 1 saturated heterocycles. The van der Waals surface area contributed by atoms with Crippen LogP contribution in [-0.4, -0.2) is 40.1 Å². The first kappa shape index (κ1) is 19.3. The van der Waals surface area contributed by atoms with Crippen LogP contribution in [0.3, 0.4) is 0 Å². The van der Waals surface area contributed by atoms with Gasteiger partial charge in [0.15, 0.2) is 0 Å². The second-order valence-electron chi connectivity index (χ2n) is 6.68. The van der Waals surface area contributed by atoms with Crippen molar-refractivity contribution in [3.8, 4) is 0 Å². The molecular formula is C20H19ClFNO4. The largest absolute Gasteiger partial charge is 0.481 e. The van der Waals surface area contributed by atoms with Crippen molar-refractivity contribution >= 4 is 23.5 Å². The minimum Gasteiger partial charge on any atom is -0.481 e. The molecule has 142 valence electrons. The molecule has 0 spiro atoms. The van der Waals surface area contributed by atoms with Gasteiger partial charge in [-0.15, -0.1) is 0 Å². The van der Waals surface area contributed by atoms with Crippen molar-refractivity contribution in [2.45, 2.75) is 18.4 Å². The van der Waals surface area contributed by atoms with Gasteiger partial charge in [-0.1, -0.05) is 35.9 Å². The zero-order chi connectivity index (χ0) is 19.6. The number of rotatable bonds is 5. The van der Waals surface area contributed by atoms with Gasteiger partial charge in [-0.25, -0.2) is 4.39 Å². The smallest absolute Gasteiger partial charge is 0.308 e. The summed E-state index contributed by atoms with van der Waals surface area (Å²) < 4.78 is 13.3. The molecule has 0 bridgehead atoms. The molecule has 0 aliphatic carbocycles. The first-order valence-electron chi connectivity index (χ1n) is 8.54. The highest BCUT2D eigenvalue weighted by atomic mass is 35.5. The molecule has 1 amide bonds. The first-order chi connectivity index (χ1) is 12.8. The Labute approximate surface area is 161 Å². The molecule has 2 N–H and O–H groups in total. The van der Waals surface area contributed by atoms with Gasteiger partial charge in [0.1, 0.15) is 5.82 Å². The lowest BCUT2D eigenvalue weighted by Gasteiger charge is -2.19. The third kappa shape index (κ3) is 4.46. The van der Waals surface area contributed by atoms with Gasteiger partial charge >= 0.3 is 5.97 Å². The molecule has 0 saturated carbocycles.